The lowest BCUT2D eigenvalue weighted by Crippen LogP contribution is -2.53. The summed E-state index contributed by atoms with van der Waals surface area (Å²) in [5, 5.41) is 22.2. The molecule has 2 saturated heterocycles. The molecule has 224 valence electrons. The first-order valence-electron chi connectivity index (χ1n) is 14.5. The molecule has 2 aliphatic rings. The minimum absolute atomic E-state index is 0.0109. The van der Waals surface area contributed by atoms with Gasteiger partial charge in [-0.25, -0.2) is 9.78 Å². The van der Waals surface area contributed by atoms with Gasteiger partial charge in [-0.1, -0.05) is 54.1 Å². The third-order valence-corrected chi connectivity index (χ3v) is 9.16. The molecule has 6 rings (SSSR count). The Labute approximate surface area is 253 Å². The lowest BCUT2D eigenvalue weighted by Gasteiger charge is -2.42. The van der Waals surface area contributed by atoms with E-state index in [4.69, 9.17) is 11.6 Å². The average molecular weight is 604 g/mol. The average Bonchev–Trinajstić information content (AvgIpc) is 3.43. The molecule has 0 spiro atoms. The molecule has 11 heteroatoms. The smallest absolute Gasteiger partial charge is 0.407 e. The molecule has 2 aromatic heterocycles. The number of piperidine rings is 2. The highest BCUT2D eigenvalue weighted by atomic mass is 35.5. The van der Waals surface area contributed by atoms with Crippen LogP contribution in [0.3, 0.4) is 0 Å². The molecule has 2 fully saturated rings. The topological polar surface area (TPSA) is 121 Å². The van der Waals surface area contributed by atoms with E-state index in [0.717, 1.165) is 11.1 Å². The predicted molar refractivity (Wildman–Crippen MR) is 162 cm³/mol. The van der Waals surface area contributed by atoms with Crippen molar-refractivity contribution in [1.29, 1.82) is 0 Å². The number of carbonyl (C=O) groups excluding carboxylic acids is 1. The molecule has 2 N–H and O–H groups in total. The second kappa shape index (κ2) is 11.9. The molecule has 2 amide bonds. The van der Waals surface area contributed by atoms with Crippen LogP contribution in [0.5, 0.6) is 0 Å². The lowest BCUT2D eigenvalue weighted by molar-refractivity contribution is -0.142. The Morgan fingerprint density at radius 3 is 2.37 bits per heavy atom. The molecule has 4 heterocycles. The van der Waals surface area contributed by atoms with Crippen LogP contribution in [0.25, 0.3) is 11.0 Å². The van der Waals surface area contributed by atoms with Crippen molar-refractivity contribution in [2.24, 2.45) is 5.92 Å². The van der Waals surface area contributed by atoms with Crippen molar-refractivity contribution in [2.75, 3.05) is 26.2 Å². The molecule has 10 nitrogen and oxygen atoms in total. The van der Waals surface area contributed by atoms with Gasteiger partial charge in [0, 0.05) is 55.8 Å². The third kappa shape index (κ3) is 6.03. The minimum atomic E-state index is -1.16. The first-order valence-corrected chi connectivity index (χ1v) is 14.9. The molecule has 2 atom stereocenters. The molecule has 2 aromatic carbocycles. The molecular weight excluding hydrogens is 570 g/mol. The molecule has 0 radical (unpaired) electrons. The number of carboxylic acid groups (broad SMARTS) is 1. The summed E-state index contributed by atoms with van der Waals surface area (Å²) in [5.74, 6) is -0.582. The van der Waals surface area contributed by atoms with E-state index in [2.05, 4.69) is 4.98 Å². The van der Waals surface area contributed by atoms with E-state index >= 15 is 0 Å². The van der Waals surface area contributed by atoms with Gasteiger partial charge in [-0.05, 0) is 48.6 Å². The fraction of sp³-hybridized carbons (Fsp3) is 0.375. The zero-order chi connectivity index (χ0) is 30.1. The number of benzene rings is 2. The fourth-order valence-electron chi connectivity index (χ4n) is 6.45. The Balaban J connectivity index is 1.13. The van der Waals surface area contributed by atoms with Crippen molar-refractivity contribution in [1.82, 2.24) is 23.9 Å². The van der Waals surface area contributed by atoms with E-state index < -0.39 is 11.7 Å². The highest BCUT2D eigenvalue weighted by Crippen LogP contribution is 2.35. The van der Waals surface area contributed by atoms with Crippen LogP contribution in [-0.2, 0) is 17.9 Å². The van der Waals surface area contributed by atoms with Crippen molar-refractivity contribution in [2.45, 2.75) is 43.9 Å². The number of halogens is 1. The maximum Gasteiger partial charge on any atom is 0.407 e. The zero-order valence-electron chi connectivity index (χ0n) is 23.7. The van der Waals surface area contributed by atoms with E-state index in [1.807, 2.05) is 65.4 Å². The fourth-order valence-corrected chi connectivity index (χ4v) is 6.57. The summed E-state index contributed by atoms with van der Waals surface area (Å²) in [5.41, 5.74) is 1.18. The van der Waals surface area contributed by atoms with E-state index in [1.165, 1.54) is 15.8 Å². The number of amides is 2. The van der Waals surface area contributed by atoms with Gasteiger partial charge in [0.15, 0.2) is 0 Å². The van der Waals surface area contributed by atoms with Crippen LogP contribution in [0.4, 0.5) is 4.79 Å². The third-order valence-electron chi connectivity index (χ3n) is 8.91. The van der Waals surface area contributed by atoms with Crippen LogP contribution >= 0.6 is 11.6 Å². The van der Waals surface area contributed by atoms with Gasteiger partial charge < -0.3 is 24.6 Å². The maximum absolute atomic E-state index is 13.7. The van der Waals surface area contributed by atoms with Gasteiger partial charge in [0.05, 0.1) is 17.5 Å². The SMILES string of the molecule is O=C(O)N1CC[C@@H](C(=O)N2CCC(O)(Cn3cnc4c(ccn4Cc4ccc(Cl)cc4)c3=O)CC2)[C@H](c2ccccc2)C1. The number of aliphatic hydroxyl groups is 1. The molecule has 4 aromatic rings. The summed E-state index contributed by atoms with van der Waals surface area (Å²) >= 11 is 6.00. The first kappa shape index (κ1) is 28.9. The quantitative estimate of drug-likeness (QED) is 0.343. The molecule has 2 aliphatic heterocycles. The van der Waals surface area contributed by atoms with E-state index in [0.29, 0.717) is 61.5 Å². The molecular formula is C32H34ClN5O5. The summed E-state index contributed by atoms with van der Waals surface area (Å²) in [7, 11) is 0. The summed E-state index contributed by atoms with van der Waals surface area (Å²) in [6.45, 7) is 1.93. The van der Waals surface area contributed by atoms with E-state index in [1.54, 1.807) is 11.0 Å². The van der Waals surface area contributed by atoms with Crippen LogP contribution in [-0.4, -0.2) is 77.9 Å². The summed E-state index contributed by atoms with van der Waals surface area (Å²) < 4.78 is 3.37. The van der Waals surface area contributed by atoms with Crippen molar-refractivity contribution in [3.63, 3.8) is 0 Å². The van der Waals surface area contributed by atoms with E-state index in [-0.39, 0.29) is 36.4 Å². The second-order valence-electron chi connectivity index (χ2n) is 11.7. The van der Waals surface area contributed by atoms with Gasteiger partial charge in [0.25, 0.3) is 5.56 Å². The van der Waals surface area contributed by atoms with Crippen LogP contribution in [0.1, 0.15) is 36.3 Å². The molecule has 43 heavy (non-hydrogen) atoms. The van der Waals surface area contributed by atoms with Crippen molar-refractivity contribution in [3.05, 3.63) is 99.7 Å². The van der Waals surface area contributed by atoms with Crippen LogP contribution in [0, 0.1) is 5.92 Å². The molecule has 0 saturated carbocycles. The molecule has 0 bridgehead atoms. The Morgan fingerprint density at radius 2 is 1.67 bits per heavy atom. The molecule has 0 unspecified atom stereocenters. The number of nitrogens with zero attached hydrogens (tertiary/aromatic N) is 5. The normalized spacial score (nSPS) is 20.3. The van der Waals surface area contributed by atoms with Gasteiger partial charge in [-0.2, -0.15) is 0 Å². The second-order valence-corrected chi connectivity index (χ2v) is 12.1. The highest BCUT2D eigenvalue weighted by Gasteiger charge is 2.41. The predicted octanol–water partition coefficient (Wildman–Crippen LogP) is 4.04. The number of aromatic nitrogens is 3. The Bertz CT molecular complexity index is 1680. The standard InChI is InChI=1S/C32H34ClN5O5/c33-24-8-6-22(7-9-24)18-36-14-11-26-28(36)34-21-38(30(26)40)20-32(43)12-16-35(17-13-32)29(39)25-10-15-37(31(41)42)19-27(25)23-4-2-1-3-5-23/h1-9,11,14,21,25,27,43H,10,12-13,15-20H2,(H,41,42)/t25-,27+/m1/s1. The summed E-state index contributed by atoms with van der Waals surface area (Å²) in [4.78, 5) is 46.5. The van der Waals surface area contributed by atoms with Crippen molar-refractivity contribution in [3.8, 4) is 0 Å². The van der Waals surface area contributed by atoms with Gasteiger partial charge in [0.2, 0.25) is 5.91 Å². The highest BCUT2D eigenvalue weighted by molar-refractivity contribution is 6.30. The number of carbonyl (C=O) groups is 2. The van der Waals surface area contributed by atoms with E-state index in [9.17, 15) is 24.6 Å². The first-order chi connectivity index (χ1) is 20.7. The summed E-state index contributed by atoms with van der Waals surface area (Å²) in [6.07, 6.45) is 3.44. The molecule has 0 aliphatic carbocycles. The van der Waals surface area contributed by atoms with Crippen molar-refractivity contribution < 1.29 is 19.8 Å². The van der Waals surface area contributed by atoms with Crippen LogP contribution < -0.4 is 5.56 Å². The van der Waals surface area contributed by atoms with Crippen molar-refractivity contribution >= 4 is 34.6 Å². The Kier molecular flexibility index (Phi) is 7.98. The van der Waals surface area contributed by atoms with Gasteiger partial charge >= 0.3 is 6.09 Å². The number of hydrogen-bond acceptors (Lipinski definition) is 5. The minimum Gasteiger partial charge on any atom is -0.465 e. The Morgan fingerprint density at radius 1 is 0.953 bits per heavy atom. The lowest BCUT2D eigenvalue weighted by atomic mass is 9.79. The largest absolute Gasteiger partial charge is 0.465 e. The van der Waals surface area contributed by atoms with Crippen LogP contribution in [0.15, 0.2) is 78.0 Å². The van der Waals surface area contributed by atoms with Gasteiger partial charge in [-0.3, -0.25) is 14.2 Å². The number of likely N-dealkylation sites (tertiary alicyclic amines) is 2. The Hall–Kier alpha value is -4.15. The number of fused-ring (bicyclic) bond motifs is 1. The monoisotopic (exact) mass is 603 g/mol. The van der Waals surface area contributed by atoms with Crippen LogP contribution in [0.2, 0.25) is 5.02 Å². The summed E-state index contributed by atoms with van der Waals surface area (Å²) in [6, 6.07) is 18.9. The zero-order valence-corrected chi connectivity index (χ0v) is 24.4. The number of hydrogen-bond donors (Lipinski definition) is 2. The maximum atomic E-state index is 13.7. The van der Waals surface area contributed by atoms with Gasteiger partial charge in [-0.15, -0.1) is 0 Å². The van der Waals surface area contributed by atoms with Gasteiger partial charge in [0.1, 0.15) is 12.0 Å². The number of rotatable bonds is 6.